The molecular weight excluding hydrogens is 314 g/mol. The number of benzene rings is 1. The van der Waals surface area contributed by atoms with E-state index in [1.807, 2.05) is 50.2 Å². The summed E-state index contributed by atoms with van der Waals surface area (Å²) >= 11 is 0. The van der Waals surface area contributed by atoms with Crippen molar-refractivity contribution in [3.63, 3.8) is 0 Å². The summed E-state index contributed by atoms with van der Waals surface area (Å²) in [5, 5.41) is 3.64. The fraction of sp³-hybridized carbons (Fsp3) is 0.250. The molecule has 5 nitrogen and oxygen atoms in total. The predicted octanol–water partition coefficient (Wildman–Crippen LogP) is 2.97. The first-order valence-corrected chi connectivity index (χ1v) is 8.43. The van der Waals surface area contributed by atoms with Crippen LogP contribution in [0.3, 0.4) is 0 Å². The maximum Gasteiger partial charge on any atom is 0.265 e. The van der Waals surface area contributed by atoms with Gasteiger partial charge in [0.2, 0.25) is 0 Å². The predicted molar refractivity (Wildman–Crippen MR) is 98.8 cm³/mol. The van der Waals surface area contributed by atoms with Gasteiger partial charge in [-0.2, -0.15) is 0 Å². The second-order valence-corrected chi connectivity index (χ2v) is 6.13. The Hall–Kier alpha value is -2.95. The highest BCUT2D eigenvalue weighted by Gasteiger charge is 2.17. The highest BCUT2D eigenvalue weighted by atomic mass is 16.2. The quantitative estimate of drug-likeness (QED) is 0.779. The Bertz CT molecular complexity index is 948. The Labute approximate surface area is 146 Å². The highest BCUT2D eigenvalue weighted by molar-refractivity contribution is 5.97. The van der Waals surface area contributed by atoms with E-state index in [-0.39, 0.29) is 23.1 Å². The summed E-state index contributed by atoms with van der Waals surface area (Å²) < 4.78 is 1.57. The summed E-state index contributed by atoms with van der Waals surface area (Å²) in [6.07, 6.45) is 2.46. The topological polar surface area (TPSA) is 64.0 Å². The van der Waals surface area contributed by atoms with E-state index < -0.39 is 0 Å². The molecule has 1 N–H and O–H groups in total. The van der Waals surface area contributed by atoms with Crippen LogP contribution in [-0.4, -0.2) is 21.5 Å². The molecule has 0 fully saturated rings. The molecule has 128 valence electrons. The largest absolute Gasteiger partial charge is 0.349 e. The number of pyridine rings is 2. The van der Waals surface area contributed by atoms with Gasteiger partial charge in [-0.1, -0.05) is 37.3 Å². The third-order valence-corrected chi connectivity index (χ3v) is 4.27. The molecule has 0 aliphatic carbocycles. The van der Waals surface area contributed by atoms with Crippen LogP contribution >= 0.6 is 0 Å². The van der Waals surface area contributed by atoms with Gasteiger partial charge in [0.1, 0.15) is 11.2 Å². The number of nitrogens with one attached hydrogen (secondary N) is 1. The Morgan fingerprint density at radius 3 is 2.68 bits per heavy atom. The van der Waals surface area contributed by atoms with Gasteiger partial charge in [-0.25, -0.2) is 4.98 Å². The third kappa shape index (κ3) is 3.60. The van der Waals surface area contributed by atoms with Crippen molar-refractivity contribution in [2.75, 3.05) is 0 Å². The van der Waals surface area contributed by atoms with Crippen LogP contribution < -0.4 is 10.9 Å². The van der Waals surface area contributed by atoms with Gasteiger partial charge >= 0.3 is 0 Å². The van der Waals surface area contributed by atoms with Crippen LogP contribution in [0, 0.1) is 0 Å². The van der Waals surface area contributed by atoms with E-state index in [0.29, 0.717) is 12.2 Å². The summed E-state index contributed by atoms with van der Waals surface area (Å²) in [6.45, 7) is 4.28. The number of nitrogens with zero attached hydrogens (tertiary/aromatic N) is 2. The molecule has 1 aromatic carbocycles. The van der Waals surface area contributed by atoms with E-state index in [0.717, 1.165) is 17.4 Å². The van der Waals surface area contributed by atoms with E-state index in [1.165, 1.54) is 0 Å². The van der Waals surface area contributed by atoms with Crippen LogP contribution in [0.4, 0.5) is 0 Å². The van der Waals surface area contributed by atoms with E-state index in [2.05, 4.69) is 10.3 Å². The van der Waals surface area contributed by atoms with Crippen LogP contribution in [0.15, 0.2) is 59.5 Å². The van der Waals surface area contributed by atoms with Crippen LogP contribution in [0.2, 0.25) is 0 Å². The summed E-state index contributed by atoms with van der Waals surface area (Å²) in [6, 6.07) is 15.0. The Balaban J connectivity index is 2.12. The number of fused-ring (bicyclic) bond motifs is 1. The molecule has 25 heavy (non-hydrogen) atoms. The zero-order valence-corrected chi connectivity index (χ0v) is 14.4. The molecule has 0 aliphatic rings. The second-order valence-electron chi connectivity index (χ2n) is 6.13. The minimum atomic E-state index is -0.341. The van der Waals surface area contributed by atoms with Gasteiger partial charge in [-0.05, 0) is 37.1 Å². The molecular formula is C20H21N3O2. The lowest BCUT2D eigenvalue weighted by Gasteiger charge is -2.14. The SMILES string of the molecule is CC[C@@H](C)NC(=O)c1cc2cccnc2n(Cc2ccccc2)c1=O. The van der Waals surface area contributed by atoms with Crippen molar-refractivity contribution in [1.29, 1.82) is 0 Å². The smallest absolute Gasteiger partial charge is 0.265 e. The number of aromatic nitrogens is 2. The fourth-order valence-electron chi connectivity index (χ4n) is 2.69. The normalized spacial score (nSPS) is 12.1. The van der Waals surface area contributed by atoms with Gasteiger partial charge in [0.15, 0.2) is 0 Å². The first-order valence-electron chi connectivity index (χ1n) is 8.43. The first kappa shape index (κ1) is 16.9. The zero-order valence-electron chi connectivity index (χ0n) is 14.4. The van der Waals surface area contributed by atoms with Gasteiger partial charge in [0.25, 0.3) is 11.5 Å². The van der Waals surface area contributed by atoms with Gasteiger partial charge in [-0.15, -0.1) is 0 Å². The van der Waals surface area contributed by atoms with Crippen LogP contribution in [0.1, 0.15) is 36.2 Å². The molecule has 2 heterocycles. The number of hydrogen-bond donors (Lipinski definition) is 1. The Morgan fingerprint density at radius 1 is 1.20 bits per heavy atom. The monoisotopic (exact) mass is 335 g/mol. The average Bonchev–Trinajstić information content (AvgIpc) is 2.64. The molecule has 2 aromatic heterocycles. The molecule has 0 saturated heterocycles. The van der Waals surface area contributed by atoms with Gasteiger partial charge in [-0.3, -0.25) is 14.2 Å². The Kier molecular flexibility index (Phi) is 4.93. The van der Waals surface area contributed by atoms with E-state index in [9.17, 15) is 9.59 Å². The van der Waals surface area contributed by atoms with Crippen molar-refractivity contribution in [3.8, 4) is 0 Å². The van der Waals surface area contributed by atoms with Crippen molar-refractivity contribution < 1.29 is 4.79 Å². The third-order valence-electron chi connectivity index (χ3n) is 4.27. The molecule has 0 aliphatic heterocycles. The number of amides is 1. The van der Waals surface area contributed by atoms with Gasteiger partial charge in [0.05, 0.1) is 6.54 Å². The Morgan fingerprint density at radius 2 is 1.96 bits per heavy atom. The summed E-state index contributed by atoms with van der Waals surface area (Å²) in [4.78, 5) is 29.8. The zero-order chi connectivity index (χ0) is 17.8. The van der Waals surface area contributed by atoms with Crippen molar-refractivity contribution in [3.05, 3.63) is 76.2 Å². The fourth-order valence-corrected chi connectivity index (χ4v) is 2.69. The minimum Gasteiger partial charge on any atom is -0.349 e. The van der Waals surface area contributed by atoms with Crippen molar-refractivity contribution >= 4 is 16.9 Å². The maximum absolute atomic E-state index is 13.0. The van der Waals surface area contributed by atoms with E-state index in [4.69, 9.17) is 0 Å². The van der Waals surface area contributed by atoms with E-state index >= 15 is 0 Å². The lowest BCUT2D eigenvalue weighted by Crippen LogP contribution is -2.37. The van der Waals surface area contributed by atoms with Crippen molar-refractivity contribution in [1.82, 2.24) is 14.9 Å². The lowest BCUT2D eigenvalue weighted by atomic mass is 10.1. The average molecular weight is 335 g/mol. The van der Waals surface area contributed by atoms with Crippen molar-refractivity contribution in [2.24, 2.45) is 0 Å². The molecule has 0 unspecified atom stereocenters. The molecule has 3 rings (SSSR count). The maximum atomic E-state index is 13.0. The molecule has 0 spiro atoms. The molecule has 0 bridgehead atoms. The minimum absolute atomic E-state index is 0.0130. The number of rotatable bonds is 5. The summed E-state index contributed by atoms with van der Waals surface area (Å²) in [5.41, 5.74) is 1.39. The molecule has 3 aromatic rings. The molecule has 0 radical (unpaired) electrons. The second kappa shape index (κ2) is 7.30. The standard InChI is InChI=1S/C20H21N3O2/c1-3-14(2)22-19(24)17-12-16-10-7-11-21-18(16)23(20(17)25)13-15-8-5-4-6-9-15/h4-12,14H,3,13H2,1-2H3,(H,22,24)/t14-/m1/s1. The molecule has 1 atom stereocenters. The molecule has 0 saturated carbocycles. The lowest BCUT2D eigenvalue weighted by molar-refractivity contribution is 0.0937. The van der Waals surface area contributed by atoms with Crippen LogP contribution in [0.5, 0.6) is 0 Å². The van der Waals surface area contributed by atoms with Gasteiger partial charge < -0.3 is 5.32 Å². The molecule has 5 heteroatoms. The molecule has 1 amide bonds. The van der Waals surface area contributed by atoms with Crippen LogP contribution in [-0.2, 0) is 6.54 Å². The number of carbonyl (C=O) groups is 1. The van der Waals surface area contributed by atoms with Crippen molar-refractivity contribution in [2.45, 2.75) is 32.9 Å². The number of carbonyl (C=O) groups excluding carboxylic acids is 1. The van der Waals surface area contributed by atoms with Gasteiger partial charge in [0, 0.05) is 17.6 Å². The highest BCUT2D eigenvalue weighted by Crippen LogP contribution is 2.13. The summed E-state index contributed by atoms with van der Waals surface area (Å²) in [5.74, 6) is -0.341. The number of hydrogen-bond acceptors (Lipinski definition) is 3. The van der Waals surface area contributed by atoms with Crippen LogP contribution in [0.25, 0.3) is 11.0 Å². The van der Waals surface area contributed by atoms with E-state index in [1.54, 1.807) is 22.9 Å². The first-order chi connectivity index (χ1) is 12.1. The summed E-state index contributed by atoms with van der Waals surface area (Å²) in [7, 11) is 0.